The Morgan fingerprint density at radius 2 is 1.84 bits per heavy atom. The fraction of sp³-hybridized carbons (Fsp3) is 0.636. The summed E-state index contributed by atoms with van der Waals surface area (Å²) >= 11 is 1.54. The van der Waals surface area contributed by atoms with Crippen molar-refractivity contribution >= 4 is 39.3 Å². The molecule has 1 aliphatic carbocycles. The number of nitrogens with zero attached hydrogens (tertiary/aromatic N) is 2. The summed E-state index contributed by atoms with van der Waals surface area (Å²) in [5, 5.41) is 3.08. The Hall–Kier alpha value is -1.58. The van der Waals surface area contributed by atoms with E-state index in [1.807, 2.05) is 6.92 Å². The molecule has 7 nitrogen and oxygen atoms in total. The van der Waals surface area contributed by atoms with Gasteiger partial charge in [-0.15, -0.1) is 11.8 Å². The number of nitrogens with one attached hydrogen (secondary N) is 1. The van der Waals surface area contributed by atoms with E-state index in [2.05, 4.69) is 5.32 Å². The highest BCUT2D eigenvalue weighted by molar-refractivity contribution is 7.99. The van der Waals surface area contributed by atoms with Crippen LogP contribution in [0.2, 0.25) is 0 Å². The molecule has 31 heavy (non-hydrogen) atoms. The molecule has 1 aromatic carbocycles. The van der Waals surface area contributed by atoms with Crippen LogP contribution in [0.5, 0.6) is 0 Å². The quantitative estimate of drug-likeness (QED) is 0.722. The molecule has 1 aromatic rings. The zero-order valence-corrected chi connectivity index (χ0v) is 19.6. The highest BCUT2D eigenvalue weighted by Crippen LogP contribution is 2.38. The fourth-order valence-corrected chi connectivity index (χ4v) is 7.16. The summed E-state index contributed by atoms with van der Waals surface area (Å²) in [6, 6.07) is 5.15. The van der Waals surface area contributed by atoms with Crippen LogP contribution in [-0.2, 0) is 19.6 Å². The molecular formula is C22H31N3O4S2. The first kappa shape index (κ1) is 22.6. The van der Waals surface area contributed by atoms with Gasteiger partial charge in [0.15, 0.2) is 0 Å². The van der Waals surface area contributed by atoms with Gasteiger partial charge in [-0.3, -0.25) is 9.59 Å². The van der Waals surface area contributed by atoms with Crippen molar-refractivity contribution < 1.29 is 18.0 Å². The summed E-state index contributed by atoms with van der Waals surface area (Å²) in [5.41, 5.74) is 0.526. The average Bonchev–Trinajstić information content (AvgIpc) is 3.28. The maximum atomic E-state index is 13.1. The minimum absolute atomic E-state index is 0.0829. The molecule has 2 heterocycles. The van der Waals surface area contributed by atoms with Crippen molar-refractivity contribution in [2.75, 3.05) is 30.3 Å². The minimum Gasteiger partial charge on any atom is -0.352 e. The first-order valence-corrected chi connectivity index (χ1v) is 13.7. The monoisotopic (exact) mass is 465 g/mol. The van der Waals surface area contributed by atoms with Crippen LogP contribution in [0.4, 0.5) is 5.69 Å². The number of hydrogen-bond donors (Lipinski definition) is 1. The number of anilines is 1. The van der Waals surface area contributed by atoms with Crippen molar-refractivity contribution in [3.05, 3.63) is 18.2 Å². The van der Waals surface area contributed by atoms with Crippen molar-refractivity contribution in [1.82, 2.24) is 9.62 Å². The van der Waals surface area contributed by atoms with Gasteiger partial charge in [0.1, 0.15) is 6.54 Å². The van der Waals surface area contributed by atoms with Crippen LogP contribution in [0.15, 0.2) is 28.0 Å². The van der Waals surface area contributed by atoms with E-state index < -0.39 is 10.0 Å². The Kier molecular flexibility index (Phi) is 6.93. The van der Waals surface area contributed by atoms with E-state index in [4.69, 9.17) is 0 Å². The van der Waals surface area contributed by atoms with Crippen LogP contribution in [0, 0.1) is 5.92 Å². The van der Waals surface area contributed by atoms with Gasteiger partial charge in [0.2, 0.25) is 21.8 Å². The lowest BCUT2D eigenvalue weighted by Gasteiger charge is -2.27. The third-order valence-corrected chi connectivity index (χ3v) is 9.59. The molecular weight excluding hydrogens is 434 g/mol. The van der Waals surface area contributed by atoms with E-state index in [0.717, 1.165) is 43.4 Å². The zero-order chi connectivity index (χ0) is 22.0. The van der Waals surface area contributed by atoms with Crippen LogP contribution in [0.3, 0.4) is 0 Å². The van der Waals surface area contributed by atoms with E-state index in [1.165, 1.54) is 27.4 Å². The summed E-state index contributed by atoms with van der Waals surface area (Å²) in [7, 11) is -3.60. The summed E-state index contributed by atoms with van der Waals surface area (Å²) in [4.78, 5) is 28.4. The highest BCUT2D eigenvalue weighted by atomic mass is 32.2. The summed E-state index contributed by atoms with van der Waals surface area (Å²) in [6.07, 6.45) is 7.10. The molecule has 0 radical (unpaired) electrons. The van der Waals surface area contributed by atoms with Crippen molar-refractivity contribution in [2.24, 2.45) is 5.92 Å². The average molecular weight is 466 g/mol. The summed E-state index contributed by atoms with van der Waals surface area (Å²) < 4.78 is 27.7. The maximum absolute atomic E-state index is 13.1. The van der Waals surface area contributed by atoms with Gasteiger partial charge in [-0.2, -0.15) is 4.31 Å². The first-order chi connectivity index (χ1) is 14.9. The summed E-state index contributed by atoms with van der Waals surface area (Å²) in [5.74, 6) is 0.0301. The van der Waals surface area contributed by atoms with Gasteiger partial charge in [-0.25, -0.2) is 8.42 Å². The van der Waals surface area contributed by atoms with Gasteiger partial charge < -0.3 is 10.2 Å². The van der Waals surface area contributed by atoms with E-state index in [9.17, 15) is 18.0 Å². The number of carbonyl (C=O) groups excluding carboxylic acids is 2. The number of carbonyl (C=O) groups is 2. The van der Waals surface area contributed by atoms with Crippen molar-refractivity contribution in [3.63, 3.8) is 0 Å². The molecule has 0 bridgehead atoms. The Bertz CT molecular complexity index is 938. The molecule has 4 rings (SSSR count). The molecule has 0 spiro atoms. The zero-order valence-electron chi connectivity index (χ0n) is 18.0. The van der Waals surface area contributed by atoms with Gasteiger partial charge in [0.25, 0.3) is 0 Å². The van der Waals surface area contributed by atoms with Crippen molar-refractivity contribution in [3.8, 4) is 0 Å². The molecule has 2 fully saturated rings. The lowest BCUT2D eigenvalue weighted by molar-refractivity contribution is -0.125. The van der Waals surface area contributed by atoms with Crippen LogP contribution < -0.4 is 10.2 Å². The Morgan fingerprint density at radius 3 is 2.55 bits per heavy atom. The van der Waals surface area contributed by atoms with Crippen molar-refractivity contribution in [2.45, 2.75) is 67.7 Å². The van der Waals surface area contributed by atoms with E-state index in [1.54, 1.807) is 18.2 Å². The third-order valence-electron chi connectivity index (χ3n) is 6.37. The topological polar surface area (TPSA) is 86.8 Å². The highest BCUT2D eigenvalue weighted by Gasteiger charge is 2.33. The molecule has 1 N–H and O–H groups in total. The number of benzene rings is 1. The normalized spacial score (nSPS) is 23.5. The standard InChI is InChI=1S/C22H31N3O4S2/c1-16-15-30-20-10-9-18(31(28,29)24-11-5-6-12-24)13-19(20)25(22(16)27)14-21(26)23-17-7-3-2-4-8-17/h9-10,13,16-17H,2-8,11-12,14-15H2,1H3,(H,23,26). The predicted molar refractivity (Wildman–Crippen MR) is 122 cm³/mol. The maximum Gasteiger partial charge on any atom is 0.243 e. The van der Waals surface area contributed by atoms with Crippen molar-refractivity contribution in [1.29, 1.82) is 0 Å². The lowest BCUT2D eigenvalue weighted by Crippen LogP contribution is -2.46. The van der Waals surface area contributed by atoms with Gasteiger partial charge in [-0.1, -0.05) is 26.2 Å². The predicted octanol–water partition coefficient (Wildman–Crippen LogP) is 2.99. The molecule has 1 saturated carbocycles. The lowest BCUT2D eigenvalue weighted by atomic mass is 9.95. The SMILES string of the molecule is CC1CSc2ccc(S(=O)(=O)N3CCCC3)cc2N(CC(=O)NC2CCCCC2)C1=O. The Morgan fingerprint density at radius 1 is 1.13 bits per heavy atom. The molecule has 1 atom stereocenters. The van der Waals surface area contributed by atoms with E-state index in [0.29, 0.717) is 24.5 Å². The second-order valence-electron chi connectivity index (χ2n) is 8.78. The van der Waals surface area contributed by atoms with Crippen LogP contribution in [0.1, 0.15) is 51.9 Å². The molecule has 1 saturated heterocycles. The number of sulfonamides is 1. The Labute approximate surface area is 189 Å². The molecule has 2 amide bonds. The smallest absolute Gasteiger partial charge is 0.243 e. The molecule has 9 heteroatoms. The van der Waals surface area contributed by atoms with Gasteiger partial charge in [0.05, 0.1) is 10.6 Å². The number of fused-ring (bicyclic) bond motifs is 1. The molecule has 3 aliphatic rings. The van der Waals surface area contributed by atoms with E-state index in [-0.39, 0.29) is 35.2 Å². The second kappa shape index (κ2) is 9.50. The van der Waals surface area contributed by atoms with Crippen LogP contribution >= 0.6 is 11.8 Å². The van der Waals surface area contributed by atoms with Crippen LogP contribution in [-0.4, -0.2) is 56.0 Å². The molecule has 1 unspecified atom stereocenters. The number of rotatable bonds is 5. The molecule has 2 aliphatic heterocycles. The molecule has 0 aromatic heterocycles. The second-order valence-corrected chi connectivity index (χ2v) is 11.8. The summed E-state index contributed by atoms with van der Waals surface area (Å²) in [6.45, 7) is 2.82. The first-order valence-electron chi connectivity index (χ1n) is 11.2. The van der Waals surface area contributed by atoms with E-state index >= 15 is 0 Å². The minimum atomic E-state index is -3.60. The van der Waals surface area contributed by atoms with Crippen LogP contribution in [0.25, 0.3) is 0 Å². The number of hydrogen-bond acceptors (Lipinski definition) is 5. The van der Waals surface area contributed by atoms with Gasteiger partial charge >= 0.3 is 0 Å². The third kappa shape index (κ3) is 4.93. The Balaban J connectivity index is 1.61. The number of amides is 2. The van der Waals surface area contributed by atoms with Gasteiger partial charge in [-0.05, 0) is 43.9 Å². The fourth-order valence-electron chi connectivity index (χ4n) is 4.57. The number of thioether (sulfide) groups is 1. The van der Waals surface area contributed by atoms with Gasteiger partial charge in [0, 0.05) is 35.7 Å². The largest absolute Gasteiger partial charge is 0.352 e. The molecule has 170 valence electrons.